The lowest BCUT2D eigenvalue weighted by atomic mass is 9.85. The van der Waals surface area contributed by atoms with Crippen molar-refractivity contribution >= 4 is 11.8 Å². The Labute approximate surface area is 158 Å². The SMILES string of the molecule is COc1cccc(CN2CC[C@]3(CCN(C(=O)c4cccnc4)C3)C2=O)c1. The summed E-state index contributed by atoms with van der Waals surface area (Å²) in [6.45, 7) is 2.42. The predicted molar refractivity (Wildman–Crippen MR) is 100 cm³/mol. The zero-order chi connectivity index (χ0) is 18.9. The number of hydrogen-bond acceptors (Lipinski definition) is 4. The minimum Gasteiger partial charge on any atom is -0.497 e. The van der Waals surface area contributed by atoms with E-state index < -0.39 is 5.41 Å². The maximum absolute atomic E-state index is 13.1. The number of rotatable bonds is 4. The highest BCUT2D eigenvalue weighted by molar-refractivity contribution is 5.95. The van der Waals surface area contributed by atoms with Crippen molar-refractivity contribution in [1.82, 2.24) is 14.8 Å². The van der Waals surface area contributed by atoms with Gasteiger partial charge in [-0.05, 0) is 42.7 Å². The van der Waals surface area contributed by atoms with Gasteiger partial charge in [0.05, 0.1) is 18.1 Å². The molecule has 0 radical (unpaired) electrons. The third-order valence-corrected chi connectivity index (χ3v) is 5.66. The van der Waals surface area contributed by atoms with E-state index in [0.717, 1.165) is 30.7 Å². The number of carbonyl (C=O) groups is 2. The van der Waals surface area contributed by atoms with Gasteiger partial charge in [0, 0.05) is 38.6 Å². The molecule has 2 aromatic rings. The van der Waals surface area contributed by atoms with Crippen LogP contribution in [0.4, 0.5) is 0 Å². The molecule has 1 aromatic carbocycles. The van der Waals surface area contributed by atoms with E-state index in [2.05, 4.69) is 4.98 Å². The maximum atomic E-state index is 13.1. The highest BCUT2D eigenvalue weighted by atomic mass is 16.5. The van der Waals surface area contributed by atoms with Gasteiger partial charge in [-0.25, -0.2) is 0 Å². The highest BCUT2D eigenvalue weighted by Gasteiger charge is 2.51. The summed E-state index contributed by atoms with van der Waals surface area (Å²) in [5, 5.41) is 0. The maximum Gasteiger partial charge on any atom is 0.255 e. The number of benzene rings is 1. The highest BCUT2D eigenvalue weighted by Crippen LogP contribution is 2.41. The third-order valence-electron chi connectivity index (χ3n) is 5.66. The molecule has 2 amide bonds. The minimum atomic E-state index is -0.434. The number of hydrogen-bond donors (Lipinski definition) is 0. The molecule has 0 aliphatic carbocycles. The average Bonchev–Trinajstić information content (AvgIpc) is 3.28. The molecule has 3 heterocycles. The van der Waals surface area contributed by atoms with Crippen LogP contribution in [0, 0.1) is 5.41 Å². The quantitative estimate of drug-likeness (QED) is 0.834. The second-order valence-corrected chi connectivity index (χ2v) is 7.33. The summed E-state index contributed by atoms with van der Waals surface area (Å²) >= 11 is 0. The van der Waals surface area contributed by atoms with Gasteiger partial charge >= 0.3 is 0 Å². The number of aromatic nitrogens is 1. The van der Waals surface area contributed by atoms with Gasteiger partial charge < -0.3 is 14.5 Å². The average molecular weight is 365 g/mol. The van der Waals surface area contributed by atoms with Gasteiger partial charge in [-0.15, -0.1) is 0 Å². The first kappa shape index (κ1) is 17.5. The molecule has 0 unspecified atom stereocenters. The Kier molecular flexibility index (Phi) is 4.56. The molecule has 2 saturated heterocycles. The Hall–Kier alpha value is -2.89. The van der Waals surface area contributed by atoms with Crippen molar-refractivity contribution < 1.29 is 14.3 Å². The van der Waals surface area contributed by atoms with E-state index in [1.165, 1.54) is 0 Å². The molecule has 6 heteroatoms. The standard InChI is InChI=1S/C21H23N3O3/c1-27-18-6-2-4-16(12-18)14-23-10-7-21(20(23)26)8-11-24(15-21)19(25)17-5-3-9-22-13-17/h2-6,9,12-13H,7-8,10-11,14-15H2,1H3/t21-/m1/s1. The molecule has 1 spiro atoms. The fourth-order valence-corrected chi connectivity index (χ4v) is 4.13. The van der Waals surface area contributed by atoms with E-state index in [9.17, 15) is 9.59 Å². The Balaban J connectivity index is 1.44. The zero-order valence-corrected chi connectivity index (χ0v) is 15.4. The van der Waals surface area contributed by atoms with Gasteiger partial charge in [0.15, 0.2) is 0 Å². The molecule has 0 N–H and O–H groups in total. The lowest BCUT2D eigenvalue weighted by molar-refractivity contribution is -0.135. The molecule has 0 saturated carbocycles. The van der Waals surface area contributed by atoms with E-state index in [0.29, 0.717) is 25.2 Å². The Morgan fingerprint density at radius 1 is 1.22 bits per heavy atom. The molecule has 27 heavy (non-hydrogen) atoms. The molecule has 2 fully saturated rings. The van der Waals surface area contributed by atoms with Crippen molar-refractivity contribution in [2.75, 3.05) is 26.7 Å². The van der Waals surface area contributed by atoms with Crippen LogP contribution in [0.2, 0.25) is 0 Å². The van der Waals surface area contributed by atoms with Crippen LogP contribution in [0.1, 0.15) is 28.8 Å². The molecule has 2 aliphatic rings. The molecule has 4 rings (SSSR count). The number of amides is 2. The first-order valence-electron chi connectivity index (χ1n) is 9.23. The fourth-order valence-electron chi connectivity index (χ4n) is 4.13. The second-order valence-electron chi connectivity index (χ2n) is 7.33. The first-order chi connectivity index (χ1) is 13.1. The van der Waals surface area contributed by atoms with Crippen LogP contribution in [0.25, 0.3) is 0 Å². The molecular weight excluding hydrogens is 342 g/mol. The van der Waals surface area contributed by atoms with Crippen LogP contribution in [-0.2, 0) is 11.3 Å². The van der Waals surface area contributed by atoms with E-state index in [1.54, 1.807) is 36.5 Å². The molecule has 140 valence electrons. The molecule has 1 aromatic heterocycles. The summed E-state index contributed by atoms with van der Waals surface area (Å²) in [4.78, 5) is 33.5. The van der Waals surface area contributed by atoms with Gasteiger partial charge in [-0.2, -0.15) is 0 Å². The van der Waals surface area contributed by atoms with Crippen LogP contribution in [-0.4, -0.2) is 53.3 Å². The van der Waals surface area contributed by atoms with Gasteiger partial charge in [-0.3, -0.25) is 14.6 Å². The topological polar surface area (TPSA) is 62.7 Å². The van der Waals surface area contributed by atoms with E-state index >= 15 is 0 Å². The lowest BCUT2D eigenvalue weighted by Crippen LogP contribution is -2.38. The molecule has 0 bridgehead atoms. The smallest absolute Gasteiger partial charge is 0.255 e. The summed E-state index contributed by atoms with van der Waals surface area (Å²) in [6.07, 6.45) is 4.76. The van der Waals surface area contributed by atoms with E-state index in [1.807, 2.05) is 29.2 Å². The van der Waals surface area contributed by atoms with Gasteiger partial charge in [-0.1, -0.05) is 12.1 Å². The van der Waals surface area contributed by atoms with Gasteiger partial charge in [0.25, 0.3) is 5.91 Å². The number of likely N-dealkylation sites (tertiary alicyclic amines) is 2. The van der Waals surface area contributed by atoms with Crippen LogP contribution in [0.5, 0.6) is 5.75 Å². The number of ether oxygens (including phenoxy) is 1. The van der Waals surface area contributed by atoms with Gasteiger partial charge in [0.2, 0.25) is 5.91 Å². The largest absolute Gasteiger partial charge is 0.497 e. The molecular formula is C21H23N3O3. The van der Waals surface area contributed by atoms with Crippen LogP contribution in [0.15, 0.2) is 48.8 Å². The number of carbonyl (C=O) groups excluding carboxylic acids is 2. The fraction of sp³-hybridized carbons (Fsp3) is 0.381. The number of nitrogens with zero attached hydrogens (tertiary/aromatic N) is 3. The molecule has 2 aliphatic heterocycles. The van der Waals surface area contributed by atoms with Crippen molar-refractivity contribution in [3.8, 4) is 5.75 Å². The first-order valence-corrected chi connectivity index (χ1v) is 9.23. The van der Waals surface area contributed by atoms with Crippen molar-refractivity contribution in [3.05, 3.63) is 59.9 Å². The minimum absolute atomic E-state index is 0.0426. The number of pyridine rings is 1. The third kappa shape index (κ3) is 3.27. The van der Waals surface area contributed by atoms with E-state index in [4.69, 9.17) is 4.74 Å². The second kappa shape index (κ2) is 7.02. The Morgan fingerprint density at radius 2 is 2.07 bits per heavy atom. The van der Waals surface area contributed by atoms with Crippen LogP contribution < -0.4 is 4.74 Å². The Morgan fingerprint density at radius 3 is 2.85 bits per heavy atom. The van der Waals surface area contributed by atoms with Crippen molar-refractivity contribution in [3.63, 3.8) is 0 Å². The van der Waals surface area contributed by atoms with Crippen LogP contribution in [0.3, 0.4) is 0 Å². The summed E-state index contributed by atoms with van der Waals surface area (Å²) in [7, 11) is 1.64. The lowest BCUT2D eigenvalue weighted by Gasteiger charge is -2.24. The Bertz CT molecular complexity index is 855. The van der Waals surface area contributed by atoms with Gasteiger partial charge in [0.1, 0.15) is 5.75 Å². The predicted octanol–water partition coefficient (Wildman–Crippen LogP) is 2.36. The molecule has 1 atom stereocenters. The normalized spacial score (nSPS) is 21.9. The monoisotopic (exact) mass is 365 g/mol. The van der Waals surface area contributed by atoms with E-state index in [-0.39, 0.29) is 11.8 Å². The van der Waals surface area contributed by atoms with Crippen molar-refractivity contribution in [2.45, 2.75) is 19.4 Å². The summed E-state index contributed by atoms with van der Waals surface area (Å²) in [5.74, 6) is 0.911. The van der Waals surface area contributed by atoms with Crippen molar-refractivity contribution in [1.29, 1.82) is 0 Å². The van der Waals surface area contributed by atoms with Crippen LogP contribution >= 0.6 is 0 Å². The zero-order valence-electron chi connectivity index (χ0n) is 15.4. The summed E-state index contributed by atoms with van der Waals surface area (Å²) in [5.41, 5.74) is 1.20. The summed E-state index contributed by atoms with van der Waals surface area (Å²) in [6, 6.07) is 11.3. The van der Waals surface area contributed by atoms with Crippen molar-refractivity contribution in [2.24, 2.45) is 5.41 Å². The number of methoxy groups -OCH3 is 1. The summed E-state index contributed by atoms with van der Waals surface area (Å²) < 4.78 is 5.27. The molecule has 6 nitrogen and oxygen atoms in total.